The third-order valence-corrected chi connectivity index (χ3v) is 3.20. The van der Waals surface area contributed by atoms with Gasteiger partial charge in [0.15, 0.2) is 0 Å². The predicted molar refractivity (Wildman–Crippen MR) is 82.0 cm³/mol. The van der Waals surface area contributed by atoms with Crippen LogP contribution in [-0.4, -0.2) is 25.2 Å². The van der Waals surface area contributed by atoms with E-state index >= 15 is 0 Å². The Morgan fingerprint density at radius 1 is 1.33 bits per heavy atom. The topological polar surface area (TPSA) is 43.4 Å². The van der Waals surface area contributed by atoms with Gasteiger partial charge in [-0.15, -0.1) is 0 Å². The number of nitrogens with one attached hydrogen (secondary N) is 1. The highest BCUT2D eigenvalue weighted by atomic mass is 79.9. The maximum Gasteiger partial charge on any atom is 0.146 e. The third-order valence-electron chi connectivity index (χ3n) is 2.77. The van der Waals surface area contributed by atoms with Crippen LogP contribution in [0.1, 0.15) is 5.56 Å². The predicted octanol–water partition coefficient (Wildman–Crippen LogP) is 3.51. The molecule has 0 amide bonds. The van der Waals surface area contributed by atoms with Crippen molar-refractivity contribution in [2.45, 2.75) is 6.54 Å². The molecule has 21 heavy (non-hydrogen) atoms. The molecular weight excluding hydrogens is 339 g/mol. The SMILES string of the molecule is COCCNCc1c(F)cccc1Oc1cncc(Br)c1. The Bertz CT molecular complexity index is 596. The molecule has 1 N–H and O–H groups in total. The van der Waals surface area contributed by atoms with Crippen molar-refractivity contribution >= 4 is 15.9 Å². The Labute approximate surface area is 131 Å². The second-order valence-electron chi connectivity index (χ2n) is 4.33. The van der Waals surface area contributed by atoms with Gasteiger partial charge in [0.05, 0.1) is 12.8 Å². The van der Waals surface area contributed by atoms with Crippen LogP contribution < -0.4 is 10.1 Å². The molecule has 0 aliphatic rings. The van der Waals surface area contributed by atoms with E-state index in [1.54, 1.807) is 37.7 Å². The normalized spacial score (nSPS) is 10.6. The van der Waals surface area contributed by atoms with E-state index in [4.69, 9.17) is 9.47 Å². The number of halogens is 2. The number of nitrogens with zero attached hydrogens (tertiary/aromatic N) is 1. The lowest BCUT2D eigenvalue weighted by molar-refractivity contribution is 0.199. The van der Waals surface area contributed by atoms with Gasteiger partial charge in [0, 0.05) is 36.4 Å². The van der Waals surface area contributed by atoms with Gasteiger partial charge < -0.3 is 14.8 Å². The molecule has 0 unspecified atom stereocenters. The summed E-state index contributed by atoms with van der Waals surface area (Å²) in [5.74, 6) is 0.716. The van der Waals surface area contributed by atoms with Crippen molar-refractivity contribution < 1.29 is 13.9 Å². The van der Waals surface area contributed by atoms with Crippen molar-refractivity contribution in [3.8, 4) is 11.5 Å². The second kappa shape index (κ2) is 8.07. The molecule has 6 heteroatoms. The molecule has 112 valence electrons. The van der Waals surface area contributed by atoms with Gasteiger partial charge in [0.25, 0.3) is 0 Å². The maximum absolute atomic E-state index is 14.0. The van der Waals surface area contributed by atoms with Gasteiger partial charge in [-0.25, -0.2) is 4.39 Å². The highest BCUT2D eigenvalue weighted by molar-refractivity contribution is 9.10. The molecule has 1 heterocycles. The minimum absolute atomic E-state index is 0.305. The van der Waals surface area contributed by atoms with E-state index in [2.05, 4.69) is 26.2 Å². The van der Waals surface area contributed by atoms with Crippen molar-refractivity contribution in [1.29, 1.82) is 0 Å². The van der Waals surface area contributed by atoms with Gasteiger partial charge >= 0.3 is 0 Å². The van der Waals surface area contributed by atoms with Gasteiger partial charge in [-0.05, 0) is 34.1 Å². The monoisotopic (exact) mass is 354 g/mol. The van der Waals surface area contributed by atoms with Crippen molar-refractivity contribution in [2.24, 2.45) is 0 Å². The molecule has 0 fully saturated rings. The Balaban J connectivity index is 2.13. The number of aromatic nitrogens is 1. The van der Waals surface area contributed by atoms with Crippen molar-refractivity contribution in [1.82, 2.24) is 10.3 Å². The molecule has 1 aromatic carbocycles. The zero-order valence-electron chi connectivity index (χ0n) is 11.6. The van der Waals surface area contributed by atoms with Crippen LogP contribution in [-0.2, 0) is 11.3 Å². The summed E-state index contributed by atoms with van der Waals surface area (Å²) in [5.41, 5.74) is 0.480. The first kappa shape index (κ1) is 15.9. The third kappa shape index (κ3) is 4.77. The van der Waals surface area contributed by atoms with E-state index in [1.807, 2.05) is 0 Å². The summed E-state index contributed by atoms with van der Waals surface area (Å²) in [7, 11) is 1.62. The van der Waals surface area contributed by atoms with Crippen LogP contribution in [0.5, 0.6) is 11.5 Å². The van der Waals surface area contributed by atoms with E-state index in [0.717, 1.165) is 4.47 Å². The number of pyridine rings is 1. The molecule has 0 saturated heterocycles. The van der Waals surface area contributed by atoms with E-state index in [-0.39, 0.29) is 5.82 Å². The molecule has 0 saturated carbocycles. The molecule has 0 radical (unpaired) electrons. The molecule has 0 aliphatic heterocycles. The molecule has 0 bridgehead atoms. The molecule has 0 atom stereocenters. The van der Waals surface area contributed by atoms with Gasteiger partial charge in [0.1, 0.15) is 17.3 Å². The number of hydrogen-bond donors (Lipinski definition) is 1. The van der Waals surface area contributed by atoms with Gasteiger partial charge in [0.2, 0.25) is 0 Å². The van der Waals surface area contributed by atoms with Crippen LogP contribution in [0.2, 0.25) is 0 Å². The van der Waals surface area contributed by atoms with Crippen LogP contribution in [0, 0.1) is 5.82 Å². The Kier molecular flexibility index (Phi) is 6.10. The van der Waals surface area contributed by atoms with Crippen LogP contribution in [0.25, 0.3) is 0 Å². The van der Waals surface area contributed by atoms with Crippen molar-refractivity contribution in [3.63, 3.8) is 0 Å². The van der Waals surface area contributed by atoms with Crippen LogP contribution in [0.4, 0.5) is 4.39 Å². The molecule has 4 nitrogen and oxygen atoms in total. The summed E-state index contributed by atoms with van der Waals surface area (Å²) < 4.78 is 25.4. The van der Waals surface area contributed by atoms with Crippen molar-refractivity contribution in [2.75, 3.05) is 20.3 Å². The molecule has 2 aromatic rings. The Hall–Kier alpha value is -1.50. The lowest BCUT2D eigenvalue weighted by Gasteiger charge is -2.12. The smallest absolute Gasteiger partial charge is 0.146 e. The van der Waals surface area contributed by atoms with Gasteiger partial charge in [-0.3, -0.25) is 4.98 Å². The maximum atomic E-state index is 14.0. The average molecular weight is 355 g/mol. The fraction of sp³-hybridized carbons (Fsp3) is 0.267. The average Bonchev–Trinajstić information content (AvgIpc) is 2.46. The van der Waals surface area contributed by atoms with Gasteiger partial charge in [-0.1, -0.05) is 6.07 Å². The van der Waals surface area contributed by atoms with Gasteiger partial charge in [-0.2, -0.15) is 0 Å². The minimum Gasteiger partial charge on any atom is -0.455 e. The quantitative estimate of drug-likeness (QED) is 0.772. The molecule has 2 rings (SSSR count). The first-order valence-corrected chi connectivity index (χ1v) is 7.25. The fourth-order valence-electron chi connectivity index (χ4n) is 1.77. The highest BCUT2D eigenvalue weighted by Crippen LogP contribution is 2.28. The summed E-state index contributed by atoms with van der Waals surface area (Å²) in [6.45, 7) is 1.58. The number of ether oxygens (including phenoxy) is 2. The zero-order chi connectivity index (χ0) is 15.1. The molecule has 1 aromatic heterocycles. The fourth-order valence-corrected chi connectivity index (χ4v) is 2.11. The number of rotatable bonds is 7. The molecule has 0 spiro atoms. The molecule has 0 aliphatic carbocycles. The van der Waals surface area contributed by atoms with Crippen LogP contribution in [0.3, 0.4) is 0 Å². The number of benzene rings is 1. The van der Waals surface area contributed by atoms with Crippen LogP contribution >= 0.6 is 15.9 Å². The summed E-state index contributed by atoms with van der Waals surface area (Å²) >= 11 is 3.32. The lowest BCUT2D eigenvalue weighted by Crippen LogP contribution is -2.19. The van der Waals surface area contributed by atoms with E-state index in [9.17, 15) is 4.39 Å². The van der Waals surface area contributed by atoms with E-state index in [1.165, 1.54) is 6.07 Å². The van der Waals surface area contributed by atoms with Crippen LogP contribution in [0.15, 0.2) is 41.1 Å². The lowest BCUT2D eigenvalue weighted by atomic mass is 10.2. The Morgan fingerprint density at radius 3 is 2.95 bits per heavy atom. The first-order valence-electron chi connectivity index (χ1n) is 6.46. The highest BCUT2D eigenvalue weighted by Gasteiger charge is 2.10. The number of methoxy groups -OCH3 is 1. The Morgan fingerprint density at radius 2 is 2.19 bits per heavy atom. The second-order valence-corrected chi connectivity index (χ2v) is 5.24. The summed E-state index contributed by atoms with van der Waals surface area (Å²) in [5, 5.41) is 3.11. The standard InChI is InChI=1S/C15H16BrFN2O2/c1-20-6-5-18-10-13-14(17)3-2-4-15(13)21-12-7-11(16)8-19-9-12/h2-4,7-9,18H,5-6,10H2,1H3. The largest absolute Gasteiger partial charge is 0.455 e. The van der Waals surface area contributed by atoms with Crippen molar-refractivity contribution in [3.05, 3.63) is 52.5 Å². The van der Waals surface area contributed by atoms with E-state index < -0.39 is 0 Å². The first-order chi connectivity index (χ1) is 10.2. The molecular formula is C15H16BrFN2O2. The minimum atomic E-state index is -0.305. The van der Waals surface area contributed by atoms with E-state index in [0.29, 0.717) is 36.8 Å². The zero-order valence-corrected chi connectivity index (χ0v) is 13.2. The summed E-state index contributed by atoms with van der Waals surface area (Å²) in [6.07, 6.45) is 3.24. The summed E-state index contributed by atoms with van der Waals surface area (Å²) in [4.78, 5) is 4.02. The number of hydrogen-bond acceptors (Lipinski definition) is 4. The summed E-state index contributed by atoms with van der Waals surface area (Å²) in [6, 6.07) is 6.55.